The van der Waals surface area contributed by atoms with Gasteiger partial charge in [0.15, 0.2) is 17.1 Å². The van der Waals surface area contributed by atoms with Gasteiger partial charge in [-0.2, -0.15) is 0 Å². The first kappa shape index (κ1) is 27.7. The number of nitrogens with one attached hydrogen (secondary N) is 1. The molecule has 8 nitrogen and oxygen atoms in total. The second kappa shape index (κ2) is 12.4. The van der Waals surface area contributed by atoms with E-state index in [1.165, 1.54) is 41.3 Å². The lowest BCUT2D eigenvalue weighted by Crippen LogP contribution is -2.17. The number of thiophene rings is 1. The summed E-state index contributed by atoms with van der Waals surface area (Å²) >= 11 is 8.59. The lowest BCUT2D eigenvalue weighted by molar-refractivity contribution is -0.113. The van der Waals surface area contributed by atoms with Gasteiger partial charge in [0.1, 0.15) is 16.6 Å². The average Bonchev–Trinajstić information content (AvgIpc) is 3.34. The number of amides is 1. The van der Waals surface area contributed by atoms with Gasteiger partial charge in [-0.1, -0.05) is 29.4 Å². The third-order valence-corrected chi connectivity index (χ3v) is 7.45. The number of carbonyl (C=O) groups excluding carboxylic acids is 2. The van der Waals surface area contributed by atoms with Crippen LogP contribution >= 0.6 is 34.7 Å². The molecule has 0 radical (unpaired) electrons. The van der Waals surface area contributed by atoms with Crippen LogP contribution < -0.4 is 10.1 Å². The van der Waals surface area contributed by atoms with Gasteiger partial charge in [0.25, 0.3) is 0 Å². The highest BCUT2D eigenvalue weighted by Gasteiger charge is 2.24. The Hall–Kier alpha value is -2.89. The van der Waals surface area contributed by atoms with Crippen LogP contribution in [0.25, 0.3) is 0 Å². The number of nitrogens with zero attached hydrogens (tertiary/aromatic N) is 3. The lowest BCUT2D eigenvalue weighted by Gasteiger charge is -2.16. The van der Waals surface area contributed by atoms with Crippen LogP contribution in [0.1, 0.15) is 46.6 Å². The van der Waals surface area contributed by atoms with Crippen molar-refractivity contribution in [3.63, 3.8) is 0 Å². The number of ether oxygens (including phenoxy) is 2. The molecule has 1 N–H and O–H groups in total. The van der Waals surface area contributed by atoms with Crippen molar-refractivity contribution >= 4 is 51.6 Å². The number of hydrogen-bond donors (Lipinski definition) is 1. The first-order chi connectivity index (χ1) is 17.2. The first-order valence-electron chi connectivity index (χ1n) is 11.0. The summed E-state index contributed by atoms with van der Waals surface area (Å²) < 4.78 is 26.1. The topological polar surface area (TPSA) is 95.3 Å². The number of thioether (sulfide) groups is 1. The van der Waals surface area contributed by atoms with Crippen molar-refractivity contribution < 1.29 is 23.5 Å². The SMILES string of the molecule is C=CCn1c(SCC(=O)Nc2sc(C)c(C)c2C(=O)OCC)nnc1C(C)Oc1ccc(F)cc1Cl. The largest absolute Gasteiger partial charge is 0.481 e. The Morgan fingerprint density at radius 3 is 2.78 bits per heavy atom. The maximum atomic E-state index is 13.3. The predicted molar refractivity (Wildman–Crippen MR) is 140 cm³/mol. The molecule has 3 rings (SSSR count). The summed E-state index contributed by atoms with van der Waals surface area (Å²) in [6.45, 7) is 11.6. The summed E-state index contributed by atoms with van der Waals surface area (Å²) in [5.74, 6) is -0.392. The molecule has 12 heteroatoms. The Labute approximate surface area is 221 Å². The highest BCUT2D eigenvalue weighted by molar-refractivity contribution is 7.99. The third kappa shape index (κ3) is 6.45. The molecule has 1 atom stereocenters. The van der Waals surface area contributed by atoms with Crippen LogP contribution in [-0.2, 0) is 16.1 Å². The van der Waals surface area contributed by atoms with E-state index in [9.17, 15) is 14.0 Å². The van der Waals surface area contributed by atoms with Crippen LogP contribution in [0.4, 0.5) is 9.39 Å². The minimum absolute atomic E-state index is 0.0343. The zero-order valence-corrected chi connectivity index (χ0v) is 22.7. The third-order valence-electron chi connectivity index (χ3n) is 5.07. The molecular formula is C24H26ClFN4O4S2. The van der Waals surface area contributed by atoms with Crippen molar-refractivity contribution in [1.29, 1.82) is 0 Å². The molecule has 1 aromatic carbocycles. The molecular weight excluding hydrogens is 527 g/mol. The van der Waals surface area contributed by atoms with Gasteiger partial charge in [-0.15, -0.1) is 28.1 Å². The van der Waals surface area contributed by atoms with Gasteiger partial charge in [-0.25, -0.2) is 9.18 Å². The van der Waals surface area contributed by atoms with Gasteiger partial charge in [-0.3, -0.25) is 9.36 Å². The van der Waals surface area contributed by atoms with Crippen LogP contribution in [0.5, 0.6) is 5.75 Å². The van der Waals surface area contributed by atoms with E-state index in [2.05, 4.69) is 22.1 Å². The molecule has 3 aromatic rings. The normalized spacial score (nSPS) is 11.7. The Kier molecular flexibility index (Phi) is 9.52. The Morgan fingerprint density at radius 2 is 2.11 bits per heavy atom. The molecule has 0 saturated heterocycles. The van der Waals surface area contributed by atoms with Crippen molar-refractivity contribution in [1.82, 2.24) is 14.8 Å². The number of anilines is 1. The number of aromatic nitrogens is 3. The zero-order valence-electron chi connectivity index (χ0n) is 20.3. The number of hydrogen-bond acceptors (Lipinski definition) is 8. The van der Waals surface area contributed by atoms with Gasteiger partial charge in [0, 0.05) is 11.4 Å². The number of esters is 1. The minimum Gasteiger partial charge on any atom is -0.481 e. The summed E-state index contributed by atoms with van der Waals surface area (Å²) in [4.78, 5) is 26.0. The summed E-state index contributed by atoms with van der Waals surface area (Å²) in [6.07, 6.45) is 1.12. The second-order valence-electron chi connectivity index (χ2n) is 7.62. The number of halogens is 2. The lowest BCUT2D eigenvalue weighted by atomic mass is 10.1. The molecule has 0 fully saturated rings. The quantitative estimate of drug-likeness (QED) is 0.177. The van der Waals surface area contributed by atoms with Gasteiger partial charge < -0.3 is 14.8 Å². The number of carbonyl (C=O) groups is 2. The maximum Gasteiger partial charge on any atom is 0.341 e. The monoisotopic (exact) mass is 552 g/mol. The van der Waals surface area contributed by atoms with E-state index in [4.69, 9.17) is 21.1 Å². The Bertz CT molecular complexity index is 1280. The molecule has 2 aromatic heterocycles. The van der Waals surface area contributed by atoms with Crippen molar-refractivity contribution in [2.45, 2.75) is 45.5 Å². The van der Waals surface area contributed by atoms with Crippen LogP contribution in [0.15, 0.2) is 36.0 Å². The fraction of sp³-hybridized carbons (Fsp3) is 0.333. The molecule has 0 aliphatic rings. The van der Waals surface area contributed by atoms with Crippen molar-refractivity contribution in [3.8, 4) is 5.75 Å². The molecule has 0 aliphatic heterocycles. The molecule has 0 bridgehead atoms. The fourth-order valence-electron chi connectivity index (χ4n) is 3.28. The van der Waals surface area contributed by atoms with E-state index in [1.54, 1.807) is 24.5 Å². The van der Waals surface area contributed by atoms with Gasteiger partial charge in [-0.05, 0) is 51.5 Å². The highest BCUT2D eigenvalue weighted by Crippen LogP contribution is 2.34. The van der Waals surface area contributed by atoms with Gasteiger partial charge in [0.2, 0.25) is 5.91 Å². The smallest absolute Gasteiger partial charge is 0.341 e. The molecule has 0 aliphatic carbocycles. The Morgan fingerprint density at radius 1 is 1.36 bits per heavy atom. The molecule has 1 amide bonds. The average molecular weight is 553 g/mol. The summed E-state index contributed by atoms with van der Waals surface area (Å²) in [7, 11) is 0. The maximum absolute atomic E-state index is 13.3. The van der Waals surface area contributed by atoms with Gasteiger partial charge in [0.05, 0.1) is 22.9 Å². The highest BCUT2D eigenvalue weighted by atomic mass is 35.5. The van der Waals surface area contributed by atoms with E-state index in [-0.39, 0.29) is 23.3 Å². The van der Waals surface area contributed by atoms with E-state index in [0.29, 0.717) is 33.8 Å². The van der Waals surface area contributed by atoms with Crippen LogP contribution in [0.2, 0.25) is 5.02 Å². The molecule has 2 heterocycles. The van der Waals surface area contributed by atoms with E-state index >= 15 is 0 Å². The first-order valence-corrected chi connectivity index (χ1v) is 13.2. The van der Waals surface area contributed by atoms with Crippen molar-refractivity contribution in [2.24, 2.45) is 0 Å². The van der Waals surface area contributed by atoms with Crippen molar-refractivity contribution in [2.75, 3.05) is 17.7 Å². The fourth-order valence-corrected chi connectivity index (χ4v) is 5.31. The van der Waals surface area contributed by atoms with E-state index in [1.807, 2.05) is 13.8 Å². The standard InChI is InChI=1S/C24H26ClFN4O4S2/c1-6-10-30-21(14(4)34-18-9-8-16(26)11-17(18)25)28-29-24(30)35-12-19(31)27-22-20(23(32)33-7-2)13(3)15(5)36-22/h6,8-9,11,14H,1,7,10,12H2,2-5H3,(H,27,31). The van der Waals surface area contributed by atoms with E-state index < -0.39 is 17.9 Å². The van der Waals surface area contributed by atoms with Crippen LogP contribution in [0.3, 0.4) is 0 Å². The van der Waals surface area contributed by atoms with Crippen molar-refractivity contribution in [3.05, 3.63) is 63.5 Å². The molecule has 192 valence electrons. The number of benzene rings is 1. The minimum atomic E-state index is -0.562. The van der Waals surface area contributed by atoms with E-state index in [0.717, 1.165) is 10.4 Å². The van der Waals surface area contributed by atoms with Crippen LogP contribution in [-0.4, -0.2) is 39.0 Å². The zero-order chi connectivity index (χ0) is 26.4. The number of rotatable bonds is 11. The van der Waals surface area contributed by atoms with Crippen LogP contribution in [0, 0.1) is 19.7 Å². The number of allylic oxidation sites excluding steroid dienone is 1. The summed E-state index contributed by atoms with van der Waals surface area (Å²) in [5.41, 5.74) is 1.16. The number of aryl methyl sites for hydroxylation is 1. The predicted octanol–water partition coefficient (Wildman–Crippen LogP) is 5.98. The van der Waals surface area contributed by atoms with Gasteiger partial charge >= 0.3 is 5.97 Å². The summed E-state index contributed by atoms with van der Waals surface area (Å²) in [5, 5.41) is 12.3. The Balaban J connectivity index is 1.72. The molecule has 1 unspecified atom stereocenters. The molecule has 36 heavy (non-hydrogen) atoms. The molecule has 0 saturated carbocycles. The summed E-state index contributed by atoms with van der Waals surface area (Å²) in [6, 6.07) is 3.87. The molecule has 0 spiro atoms. The second-order valence-corrected chi connectivity index (χ2v) is 10.2.